The van der Waals surface area contributed by atoms with Crippen LogP contribution in [-0.4, -0.2) is 221 Å². The Kier molecular flexibility index (Phi) is 27.6. The number of sulfonamides is 2. The zero-order valence-electron chi connectivity index (χ0n) is 62.3. The summed E-state index contributed by atoms with van der Waals surface area (Å²) in [5, 5.41) is 38.3. The summed E-state index contributed by atoms with van der Waals surface area (Å²) in [5.41, 5.74) is 7.96. The molecule has 0 aliphatic carbocycles. The molecule has 0 radical (unpaired) electrons. The van der Waals surface area contributed by atoms with E-state index >= 15 is 0 Å². The van der Waals surface area contributed by atoms with Crippen LogP contribution >= 0.6 is 0 Å². The molecule has 6 aromatic carbocycles. The predicted molar refractivity (Wildman–Crippen MR) is 400 cm³/mol. The van der Waals surface area contributed by atoms with Crippen molar-refractivity contribution in [3.8, 4) is 17.2 Å². The van der Waals surface area contributed by atoms with E-state index in [0.29, 0.717) is 56.1 Å². The zero-order valence-corrected chi connectivity index (χ0v) is 64.0. The molecule has 0 saturated carbocycles. The number of nitrogens with zero attached hydrogens (tertiary/aromatic N) is 6. The molecule has 107 heavy (non-hydrogen) atoms. The van der Waals surface area contributed by atoms with Crippen LogP contribution in [-0.2, 0) is 39.3 Å². The van der Waals surface area contributed by atoms with Crippen LogP contribution in [0.4, 0.5) is 26.3 Å². The highest BCUT2D eigenvalue weighted by Crippen LogP contribution is 2.44. The van der Waals surface area contributed by atoms with E-state index in [0.717, 1.165) is 132 Å². The normalized spacial score (nSPS) is 21.6. The molecule has 19 nitrogen and oxygen atoms in total. The van der Waals surface area contributed by atoms with Gasteiger partial charge in [-0.15, -0.1) is 0 Å². The largest absolute Gasteiger partial charge is 0.492 e. The number of aliphatic hydroxyl groups excluding tert-OH is 3. The van der Waals surface area contributed by atoms with Gasteiger partial charge in [-0.05, 0) is 182 Å². The van der Waals surface area contributed by atoms with Crippen molar-refractivity contribution in [3.63, 3.8) is 0 Å². The number of hydrogen-bond donors (Lipinski definition) is 5. The number of rotatable bonds is 30. The molecular weight excluding hydrogens is 1430 g/mol. The number of fused-ring (bicyclic) bond motifs is 3. The highest BCUT2D eigenvalue weighted by atomic mass is 32.2. The van der Waals surface area contributed by atoms with Crippen LogP contribution in [0.3, 0.4) is 0 Å². The molecule has 6 aromatic rings. The first kappa shape index (κ1) is 82.9. The van der Waals surface area contributed by atoms with Gasteiger partial charge in [-0.25, -0.2) is 53.5 Å². The maximum absolute atomic E-state index is 14.3. The second-order valence-corrected chi connectivity index (χ2v) is 33.2. The van der Waals surface area contributed by atoms with Gasteiger partial charge < -0.3 is 29.5 Å². The Hall–Kier alpha value is -6.57. The number of carbonyl (C=O) groups is 1. The number of aliphatic hydroxyl groups is 3. The minimum absolute atomic E-state index is 0.00227. The topological polar surface area (TPSA) is 245 Å². The molecule has 6 heterocycles. The van der Waals surface area contributed by atoms with Crippen LogP contribution in [0.15, 0.2) is 137 Å². The number of benzene rings is 6. The quantitative estimate of drug-likeness (QED) is 0.0208. The van der Waals surface area contributed by atoms with Gasteiger partial charge in [0.1, 0.15) is 56.9 Å². The Morgan fingerprint density at radius 3 is 0.963 bits per heavy atom. The lowest BCUT2D eigenvalue weighted by molar-refractivity contribution is -0.0864. The SMILES string of the molecule is CCC1CN(CCOc2ccc([C@@H]3c4ccc(C(C)=O)cc4C[C@@H](C)N3CC(F)(F)CO)cc2)C1.CCC1CN(CCOc2ccc([C@@H]3c4ccc(S(N)(=O)=O)cc4C[C@@H](C)N3CC(F)(F)CO)cc2)C1.CCC1CN(CCOc2ccc([C@H]3c4ccc(S(N)(=O)=O)cc4C[C@H](C)N3CC(F)(F)CO)cc2)C1. The van der Waals surface area contributed by atoms with Crippen molar-refractivity contribution in [2.75, 3.05) is 118 Å². The third-order valence-electron chi connectivity index (χ3n) is 21.9. The first-order chi connectivity index (χ1) is 50.7. The molecule has 0 aromatic heterocycles. The highest BCUT2D eigenvalue weighted by Gasteiger charge is 2.44. The molecule has 0 unspecified atom stereocenters. The fraction of sp³-hybridized carbons (Fsp3) is 0.537. The minimum atomic E-state index is -3.89. The average Bonchev–Trinajstić information content (AvgIpc) is 0.766. The number of nitrogens with two attached hydrogens (primary N) is 2. The second-order valence-electron chi connectivity index (χ2n) is 30.1. The first-order valence-electron chi connectivity index (χ1n) is 37.2. The summed E-state index contributed by atoms with van der Waals surface area (Å²) in [6, 6.07) is 34.8. The molecule has 7 N–H and O–H groups in total. The average molecular weight is 1530 g/mol. The van der Waals surface area contributed by atoms with Crippen LogP contribution in [0, 0.1) is 17.8 Å². The number of ether oxygens (including phenoxy) is 3. The van der Waals surface area contributed by atoms with Gasteiger partial charge in [-0.1, -0.05) is 101 Å². The molecule has 0 amide bonds. The van der Waals surface area contributed by atoms with Crippen molar-refractivity contribution in [1.29, 1.82) is 0 Å². The molecule has 3 saturated heterocycles. The maximum atomic E-state index is 14.3. The molecule has 0 spiro atoms. The third-order valence-corrected chi connectivity index (χ3v) is 23.8. The van der Waals surface area contributed by atoms with Crippen LogP contribution in [0.2, 0.25) is 0 Å². The zero-order chi connectivity index (χ0) is 77.3. The van der Waals surface area contributed by atoms with Crippen molar-refractivity contribution in [2.24, 2.45) is 28.0 Å². The molecule has 6 atom stereocenters. The Morgan fingerprint density at radius 1 is 0.439 bits per heavy atom. The van der Waals surface area contributed by atoms with E-state index in [1.807, 2.05) is 106 Å². The molecule has 6 aliphatic heterocycles. The van der Waals surface area contributed by atoms with Crippen LogP contribution in [0.5, 0.6) is 17.2 Å². The van der Waals surface area contributed by atoms with Gasteiger partial charge in [0.05, 0.1) is 47.6 Å². The van der Waals surface area contributed by atoms with Crippen molar-refractivity contribution >= 4 is 25.8 Å². The monoisotopic (exact) mass is 1530 g/mol. The van der Waals surface area contributed by atoms with Crippen molar-refractivity contribution in [3.05, 3.63) is 183 Å². The number of carbonyl (C=O) groups excluding carboxylic acids is 1. The smallest absolute Gasteiger partial charge is 0.283 e. The Bertz CT molecular complexity index is 3990. The number of Topliss-reactive ketones (excluding diaryl/α,β-unsaturated/α-hetero) is 1. The van der Waals surface area contributed by atoms with E-state index in [9.17, 15) is 63.3 Å². The summed E-state index contributed by atoms with van der Waals surface area (Å²) < 4.78 is 151. The van der Waals surface area contributed by atoms with Crippen LogP contribution < -0.4 is 24.5 Å². The van der Waals surface area contributed by atoms with Crippen molar-refractivity contribution in [2.45, 2.75) is 151 Å². The molecule has 3 fully saturated rings. The summed E-state index contributed by atoms with van der Waals surface area (Å²) >= 11 is 0. The molecule has 586 valence electrons. The summed E-state index contributed by atoms with van der Waals surface area (Å²) in [7, 11) is -7.78. The highest BCUT2D eigenvalue weighted by molar-refractivity contribution is 7.89. The van der Waals surface area contributed by atoms with Gasteiger partial charge in [0.2, 0.25) is 20.0 Å². The molecule has 6 aliphatic rings. The van der Waals surface area contributed by atoms with Crippen molar-refractivity contribution in [1.82, 2.24) is 29.4 Å². The lowest BCUT2D eigenvalue weighted by Crippen LogP contribution is -2.49. The molecule has 0 bridgehead atoms. The van der Waals surface area contributed by atoms with Crippen LogP contribution in [0.25, 0.3) is 0 Å². The fourth-order valence-corrected chi connectivity index (χ4v) is 16.7. The Morgan fingerprint density at radius 2 is 0.710 bits per heavy atom. The maximum Gasteiger partial charge on any atom is 0.283 e. The van der Waals surface area contributed by atoms with E-state index in [-0.39, 0.29) is 33.7 Å². The fourth-order valence-electron chi connectivity index (χ4n) is 15.6. The Labute approximate surface area is 626 Å². The first-order valence-corrected chi connectivity index (χ1v) is 40.3. The third kappa shape index (κ3) is 21.3. The lowest BCUT2D eigenvalue weighted by atomic mass is 9.83. The van der Waals surface area contributed by atoms with Crippen LogP contribution in [0.1, 0.15) is 146 Å². The Balaban J connectivity index is 0.000000172. The number of ketones is 1. The number of alkyl halides is 6. The van der Waals surface area contributed by atoms with Gasteiger partial charge in [0.15, 0.2) is 5.78 Å². The van der Waals surface area contributed by atoms with Gasteiger partial charge in [0, 0.05) is 82.6 Å². The van der Waals surface area contributed by atoms with Gasteiger partial charge in [-0.2, -0.15) is 0 Å². The number of hydrogen-bond acceptors (Lipinski definition) is 17. The minimum Gasteiger partial charge on any atom is -0.492 e. The van der Waals surface area contributed by atoms with E-state index in [4.69, 9.17) is 24.5 Å². The number of halogens is 6. The van der Waals surface area contributed by atoms with Crippen molar-refractivity contribution < 1.29 is 77.5 Å². The summed E-state index contributed by atoms with van der Waals surface area (Å²) in [4.78, 5) is 24.1. The second kappa shape index (κ2) is 35.6. The molecular formula is C80H106F6N8O11S2. The summed E-state index contributed by atoms with van der Waals surface area (Å²) in [5.74, 6) is -5.25. The predicted octanol–water partition coefficient (Wildman–Crippen LogP) is 10.6. The van der Waals surface area contributed by atoms with E-state index in [1.54, 1.807) is 32.9 Å². The van der Waals surface area contributed by atoms with Gasteiger partial charge in [-0.3, -0.25) is 34.2 Å². The standard InChI is InChI=1S/C28H36F2N2O3.2C26H35F2N3O4S/c1-4-21-15-31(16-21)11-12-35-25-8-5-22(6-9-25)27-26-10-7-23(20(3)34)14-24(26)13-19(2)32(27)17-28(29,30)18-33;2*1-3-19-14-30(15-19)10-11-35-22-6-4-20(5-7-22)25-24-9-8-23(36(29,33)34)13-21(24)12-18(2)31(25)16-26(27,28)17-32/h5-10,14,19,21,27,33H,4,11-13,15-18H2,1-3H3;2*4-9,13,18-19,25,32H,3,10-12,14-17H2,1-2H3,(H2,29,33,34)/t19-,27-;2*18-,25-/m110/s1. The summed E-state index contributed by atoms with van der Waals surface area (Å²) in [6.07, 6.45) is 4.95. The number of primary sulfonamides is 2. The lowest BCUT2D eigenvalue weighted by Gasteiger charge is -2.43. The van der Waals surface area contributed by atoms with E-state index in [2.05, 4.69) is 35.5 Å². The number of likely N-dealkylation sites (tertiary alicyclic amines) is 3. The van der Waals surface area contributed by atoms with Gasteiger partial charge in [0.25, 0.3) is 17.8 Å². The molecule has 12 rings (SSSR count). The summed E-state index contributed by atoms with van der Waals surface area (Å²) in [6.45, 7) is 19.3. The van der Waals surface area contributed by atoms with Gasteiger partial charge >= 0.3 is 0 Å². The molecule has 27 heteroatoms. The van der Waals surface area contributed by atoms with E-state index < -0.39 is 95.4 Å². The van der Waals surface area contributed by atoms with E-state index in [1.165, 1.54) is 50.5 Å².